The minimum atomic E-state index is 0.453. The Morgan fingerprint density at radius 3 is 2.59 bits per heavy atom. The first-order valence-corrected chi connectivity index (χ1v) is 8.66. The molecule has 0 amide bonds. The fraction of sp³-hybridized carbons (Fsp3) is 0.500. The van der Waals surface area contributed by atoms with E-state index >= 15 is 0 Å². The lowest BCUT2D eigenvalue weighted by Crippen LogP contribution is -2.03. The second-order valence-corrected chi connectivity index (χ2v) is 5.92. The Hall–Kier alpha value is -1.70. The van der Waals surface area contributed by atoms with E-state index < -0.39 is 0 Å². The van der Waals surface area contributed by atoms with Gasteiger partial charge in [-0.2, -0.15) is 0 Å². The first-order chi connectivity index (χ1) is 10.7. The van der Waals surface area contributed by atoms with Gasteiger partial charge in [0.05, 0.1) is 5.69 Å². The highest BCUT2D eigenvalue weighted by Gasteiger charge is 2.19. The molecule has 0 atom stereocenters. The van der Waals surface area contributed by atoms with Gasteiger partial charge in [-0.3, -0.25) is 9.97 Å². The number of pyridine rings is 2. The summed E-state index contributed by atoms with van der Waals surface area (Å²) in [6.45, 7) is 10.7. The molecule has 0 saturated heterocycles. The van der Waals surface area contributed by atoms with Crippen LogP contribution in [0.1, 0.15) is 69.5 Å². The zero-order chi connectivity index (χ0) is 16.1. The molecule has 0 aliphatic heterocycles. The summed E-state index contributed by atoms with van der Waals surface area (Å²) in [5.41, 5.74) is 7.96. The van der Waals surface area contributed by atoms with Gasteiger partial charge < -0.3 is 0 Å². The van der Waals surface area contributed by atoms with E-state index in [0.717, 1.165) is 12.8 Å². The van der Waals surface area contributed by atoms with E-state index in [4.69, 9.17) is 4.98 Å². The first-order valence-electron chi connectivity index (χ1n) is 8.66. The van der Waals surface area contributed by atoms with Crippen molar-refractivity contribution in [3.05, 3.63) is 47.0 Å². The van der Waals surface area contributed by atoms with Gasteiger partial charge in [0.15, 0.2) is 0 Å². The molecule has 0 N–H and O–H groups in total. The standard InChI is InChI=1S/C18H22N2.C2H6/c1-4-13-11-19-9-8-15(13)16-10-14-6-5-7-17(14)20-18(16)12(2)3;1-2/h8-12H,4-7H2,1-3H3;1-2H3. The third-order valence-corrected chi connectivity index (χ3v) is 4.20. The molecule has 0 aromatic carbocycles. The molecular formula is C20H28N2. The van der Waals surface area contributed by atoms with Crippen LogP contribution in [0.25, 0.3) is 11.1 Å². The quantitative estimate of drug-likeness (QED) is 0.763. The molecule has 0 bridgehead atoms. The van der Waals surface area contributed by atoms with Crippen LogP contribution in [0, 0.1) is 0 Å². The van der Waals surface area contributed by atoms with Crippen LogP contribution in [0.2, 0.25) is 0 Å². The van der Waals surface area contributed by atoms with Crippen LogP contribution in [-0.2, 0) is 19.3 Å². The summed E-state index contributed by atoms with van der Waals surface area (Å²) in [6.07, 6.45) is 8.48. The van der Waals surface area contributed by atoms with Crippen molar-refractivity contribution in [1.82, 2.24) is 9.97 Å². The summed E-state index contributed by atoms with van der Waals surface area (Å²) in [7, 11) is 0. The molecule has 2 heteroatoms. The highest BCUT2D eigenvalue weighted by Crippen LogP contribution is 2.34. The van der Waals surface area contributed by atoms with Crippen LogP contribution >= 0.6 is 0 Å². The number of hydrogen-bond acceptors (Lipinski definition) is 2. The lowest BCUT2D eigenvalue weighted by atomic mass is 9.93. The second kappa shape index (κ2) is 7.53. The Balaban J connectivity index is 0.000000847. The van der Waals surface area contributed by atoms with Gasteiger partial charge in [0, 0.05) is 23.7 Å². The summed E-state index contributed by atoms with van der Waals surface area (Å²) < 4.78 is 0. The van der Waals surface area contributed by atoms with Gasteiger partial charge in [-0.15, -0.1) is 0 Å². The van der Waals surface area contributed by atoms with Gasteiger partial charge in [-0.05, 0) is 60.4 Å². The smallest absolute Gasteiger partial charge is 0.0510 e. The van der Waals surface area contributed by atoms with Crippen molar-refractivity contribution >= 4 is 0 Å². The van der Waals surface area contributed by atoms with Crippen LogP contribution in [0.5, 0.6) is 0 Å². The Kier molecular flexibility index (Phi) is 5.70. The molecule has 0 radical (unpaired) electrons. The topological polar surface area (TPSA) is 25.8 Å². The van der Waals surface area contributed by atoms with Gasteiger partial charge in [0.2, 0.25) is 0 Å². The van der Waals surface area contributed by atoms with Gasteiger partial charge in [-0.25, -0.2) is 0 Å². The molecular weight excluding hydrogens is 268 g/mol. The third kappa shape index (κ3) is 3.21. The average molecular weight is 296 g/mol. The maximum Gasteiger partial charge on any atom is 0.0510 e. The van der Waals surface area contributed by atoms with Crippen LogP contribution in [0.4, 0.5) is 0 Å². The SMILES string of the molecule is CC.CCc1cnccc1-c1cc2c(nc1C(C)C)CCC2. The predicted molar refractivity (Wildman–Crippen MR) is 94.3 cm³/mol. The van der Waals surface area contributed by atoms with E-state index in [-0.39, 0.29) is 0 Å². The Morgan fingerprint density at radius 2 is 1.91 bits per heavy atom. The van der Waals surface area contributed by atoms with Crippen LogP contribution < -0.4 is 0 Å². The van der Waals surface area contributed by atoms with Gasteiger partial charge in [0.1, 0.15) is 0 Å². The van der Waals surface area contributed by atoms with E-state index in [2.05, 4.69) is 37.9 Å². The van der Waals surface area contributed by atoms with E-state index in [1.54, 1.807) is 0 Å². The van der Waals surface area contributed by atoms with E-state index in [1.807, 2.05) is 26.2 Å². The maximum absolute atomic E-state index is 4.98. The normalized spacial score (nSPS) is 12.8. The van der Waals surface area contributed by atoms with Gasteiger partial charge >= 0.3 is 0 Å². The molecule has 2 aromatic heterocycles. The zero-order valence-electron chi connectivity index (χ0n) is 14.6. The van der Waals surface area contributed by atoms with Gasteiger partial charge in [-0.1, -0.05) is 34.6 Å². The second-order valence-electron chi connectivity index (χ2n) is 5.92. The molecule has 0 saturated carbocycles. The lowest BCUT2D eigenvalue weighted by molar-refractivity contribution is 0.808. The highest BCUT2D eigenvalue weighted by atomic mass is 14.7. The molecule has 2 nitrogen and oxygen atoms in total. The van der Waals surface area contributed by atoms with Crippen LogP contribution in [-0.4, -0.2) is 9.97 Å². The number of aryl methyl sites for hydroxylation is 3. The number of nitrogens with zero attached hydrogens (tertiary/aromatic N) is 2. The number of fused-ring (bicyclic) bond motifs is 1. The Morgan fingerprint density at radius 1 is 1.14 bits per heavy atom. The highest BCUT2D eigenvalue weighted by molar-refractivity contribution is 5.70. The molecule has 2 aromatic rings. The molecule has 0 fully saturated rings. The van der Waals surface area contributed by atoms with Crippen molar-refractivity contribution in [2.75, 3.05) is 0 Å². The van der Waals surface area contributed by atoms with E-state index in [9.17, 15) is 0 Å². The minimum absolute atomic E-state index is 0.453. The van der Waals surface area contributed by atoms with Crippen molar-refractivity contribution in [2.45, 2.75) is 66.2 Å². The van der Waals surface area contributed by atoms with Crippen LogP contribution in [0.15, 0.2) is 24.5 Å². The molecule has 1 aliphatic carbocycles. The van der Waals surface area contributed by atoms with Crippen molar-refractivity contribution in [2.24, 2.45) is 0 Å². The first kappa shape index (κ1) is 16.7. The summed E-state index contributed by atoms with van der Waals surface area (Å²) in [4.78, 5) is 9.25. The fourth-order valence-corrected chi connectivity index (χ4v) is 3.12. The predicted octanol–water partition coefficient (Wildman–Crippen LogP) is 5.34. The van der Waals surface area contributed by atoms with Gasteiger partial charge in [0.25, 0.3) is 0 Å². The van der Waals surface area contributed by atoms with Crippen molar-refractivity contribution < 1.29 is 0 Å². The number of hydrogen-bond donors (Lipinski definition) is 0. The molecule has 1 aliphatic rings. The summed E-state index contributed by atoms with van der Waals surface area (Å²) >= 11 is 0. The maximum atomic E-state index is 4.98. The average Bonchev–Trinajstić information content (AvgIpc) is 3.02. The lowest BCUT2D eigenvalue weighted by Gasteiger charge is -2.16. The number of rotatable bonds is 3. The van der Waals surface area contributed by atoms with E-state index in [0.29, 0.717) is 5.92 Å². The Bertz CT molecular complexity index is 630. The third-order valence-electron chi connectivity index (χ3n) is 4.20. The fourth-order valence-electron chi connectivity index (χ4n) is 3.12. The van der Waals surface area contributed by atoms with Crippen LogP contribution in [0.3, 0.4) is 0 Å². The molecule has 3 rings (SSSR count). The largest absolute Gasteiger partial charge is 0.264 e. The molecule has 118 valence electrons. The minimum Gasteiger partial charge on any atom is -0.264 e. The molecule has 0 spiro atoms. The zero-order valence-corrected chi connectivity index (χ0v) is 14.6. The molecule has 2 heterocycles. The van der Waals surface area contributed by atoms with Crippen molar-refractivity contribution in [1.29, 1.82) is 0 Å². The Labute approximate surface area is 135 Å². The molecule has 22 heavy (non-hydrogen) atoms. The number of aromatic nitrogens is 2. The monoisotopic (exact) mass is 296 g/mol. The van der Waals surface area contributed by atoms with Crippen molar-refractivity contribution in [3.8, 4) is 11.1 Å². The van der Waals surface area contributed by atoms with Crippen molar-refractivity contribution in [3.63, 3.8) is 0 Å². The summed E-state index contributed by atoms with van der Waals surface area (Å²) in [6, 6.07) is 4.53. The van der Waals surface area contributed by atoms with E-state index in [1.165, 1.54) is 46.5 Å². The summed E-state index contributed by atoms with van der Waals surface area (Å²) in [5.74, 6) is 0.453. The summed E-state index contributed by atoms with van der Waals surface area (Å²) in [5, 5.41) is 0. The molecule has 0 unspecified atom stereocenters.